The number of nitrogens with two attached hydrogens (primary N) is 1. The largest absolute Gasteiger partial charge is 0.396 e. The maximum atomic E-state index is 12.2. The van der Waals surface area contributed by atoms with Gasteiger partial charge in [-0.3, -0.25) is 4.79 Å². The van der Waals surface area contributed by atoms with Gasteiger partial charge in [0.25, 0.3) is 0 Å². The van der Waals surface area contributed by atoms with E-state index >= 15 is 0 Å². The van der Waals surface area contributed by atoms with Gasteiger partial charge in [-0.25, -0.2) is 0 Å². The van der Waals surface area contributed by atoms with Crippen molar-refractivity contribution in [1.82, 2.24) is 5.32 Å². The monoisotopic (exact) mass is 278 g/mol. The zero-order valence-corrected chi connectivity index (χ0v) is 12.2. The molecular weight excluding hydrogens is 252 g/mol. The van der Waals surface area contributed by atoms with Crippen molar-refractivity contribution in [2.75, 3.05) is 19.7 Å². The molecular formula is C16H26N2O2. The molecule has 0 saturated carbocycles. The highest BCUT2D eigenvalue weighted by atomic mass is 16.3. The third-order valence-corrected chi connectivity index (χ3v) is 3.55. The van der Waals surface area contributed by atoms with Gasteiger partial charge in [0.2, 0.25) is 5.91 Å². The van der Waals surface area contributed by atoms with Crippen LogP contribution in [0.15, 0.2) is 30.3 Å². The first kappa shape index (κ1) is 16.7. The van der Waals surface area contributed by atoms with Crippen LogP contribution in [-0.2, 0) is 4.79 Å². The fourth-order valence-corrected chi connectivity index (χ4v) is 2.39. The summed E-state index contributed by atoms with van der Waals surface area (Å²) in [7, 11) is 0. The Balaban J connectivity index is 2.55. The molecule has 0 aliphatic heterocycles. The standard InChI is InChI=1S/C16H26N2O2/c1-2-6-13(9-10-19)12-18-16(20)15(11-17)14-7-4-3-5-8-14/h3-5,7-8,13,15,19H,2,6,9-12,17H2,1H3,(H,18,20). The van der Waals surface area contributed by atoms with Crippen molar-refractivity contribution in [3.63, 3.8) is 0 Å². The smallest absolute Gasteiger partial charge is 0.228 e. The van der Waals surface area contributed by atoms with Crippen LogP contribution in [0.4, 0.5) is 0 Å². The average Bonchev–Trinajstić information content (AvgIpc) is 2.47. The first-order chi connectivity index (χ1) is 9.72. The van der Waals surface area contributed by atoms with E-state index in [9.17, 15) is 4.79 Å². The van der Waals surface area contributed by atoms with Gasteiger partial charge in [0.05, 0.1) is 5.92 Å². The summed E-state index contributed by atoms with van der Waals surface area (Å²) >= 11 is 0. The number of carbonyl (C=O) groups is 1. The van der Waals surface area contributed by atoms with Crippen molar-refractivity contribution in [2.45, 2.75) is 32.1 Å². The Bertz CT molecular complexity index is 375. The van der Waals surface area contributed by atoms with Gasteiger partial charge in [-0.1, -0.05) is 43.7 Å². The first-order valence-electron chi connectivity index (χ1n) is 7.36. The predicted molar refractivity (Wildman–Crippen MR) is 81.3 cm³/mol. The number of hydrogen-bond donors (Lipinski definition) is 3. The van der Waals surface area contributed by atoms with E-state index in [0.29, 0.717) is 19.0 Å². The Morgan fingerprint density at radius 1 is 1.30 bits per heavy atom. The minimum Gasteiger partial charge on any atom is -0.396 e. The molecule has 0 radical (unpaired) electrons. The lowest BCUT2D eigenvalue weighted by Crippen LogP contribution is -2.36. The van der Waals surface area contributed by atoms with Crippen LogP contribution in [0.1, 0.15) is 37.7 Å². The lowest BCUT2D eigenvalue weighted by atomic mass is 9.97. The van der Waals surface area contributed by atoms with E-state index in [-0.39, 0.29) is 18.4 Å². The van der Waals surface area contributed by atoms with E-state index in [2.05, 4.69) is 12.2 Å². The van der Waals surface area contributed by atoms with Gasteiger partial charge in [0, 0.05) is 19.7 Å². The molecule has 1 aromatic carbocycles. The molecule has 0 saturated heterocycles. The molecule has 4 nitrogen and oxygen atoms in total. The molecule has 1 aromatic rings. The second-order valence-electron chi connectivity index (χ2n) is 5.11. The zero-order chi connectivity index (χ0) is 14.8. The molecule has 1 amide bonds. The number of nitrogens with one attached hydrogen (secondary N) is 1. The molecule has 2 unspecified atom stereocenters. The minimum absolute atomic E-state index is 0.0299. The molecule has 0 fully saturated rings. The Hall–Kier alpha value is -1.39. The predicted octanol–water partition coefficient (Wildman–Crippen LogP) is 1.64. The van der Waals surface area contributed by atoms with Crippen LogP contribution in [0.5, 0.6) is 0 Å². The van der Waals surface area contributed by atoms with Crippen molar-refractivity contribution >= 4 is 5.91 Å². The van der Waals surface area contributed by atoms with Crippen LogP contribution in [0, 0.1) is 5.92 Å². The Kier molecular flexibility index (Phi) is 7.92. The van der Waals surface area contributed by atoms with Gasteiger partial charge in [-0.05, 0) is 24.3 Å². The van der Waals surface area contributed by atoms with Crippen molar-refractivity contribution in [3.8, 4) is 0 Å². The zero-order valence-electron chi connectivity index (χ0n) is 12.2. The van der Waals surface area contributed by atoms with E-state index in [0.717, 1.165) is 24.8 Å². The molecule has 0 spiro atoms. The topological polar surface area (TPSA) is 75.3 Å². The lowest BCUT2D eigenvalue weighted by Gasteiger charge is -2.19. The van der Waals surface area contributed by atoms with Gasteiger partial charge < -0.3 is 16.2 Å². The second-order valence-corrected chi connectivity index (χ2v) is 5.11. The Morgan fingerprint density at radius 3 is 2.55 bits per heavy atom. The number of hydrogen-bond acceptors (Lipinski definition) is 3. The van der Waals surface area contributed by atoms with Crippen LogP contribution in [0.3, 0.4) is 0 Å². The molecule has 0 aromatic heterocycles. The van der Waals surface area contributed by atoms with Crippen LogP contribution in [0.2, 0.25) is 0 Å². The lowest BCUT2D eigenvalue weighted by molar-refractivity contribution is -0.122. The number of amides is 1. The van der Waals surface area contributed by atoms with Crippen molar-refractivity contribution in [2.24, 2.45) is 11.7 Å². The molecule has 0 heterocycles. The summed E-state index contributed by atoms with van der Waals surface area (Å²) in [5.41, 5.74) is 6.67. The van der Waals surface area contributed by atoms with Gasteiger partial charge in [-0.15, -0.1) is 0 Å². The number of aliphatic hydroxyl groups is 1. The average molecular weight is 278 g/mol. The number of aliphatic hydroxyl groups excluding tert-OH is 1. The SMILES string of the molecule is CCCC(CCO)CNC(=O)C(CN)c1ccccc1. The second kappa shape index (κ2) is 9.50. The quantitative estimate of drug-likeness (QED) is 0.643. The summed E-state index contributed by atoms with van der Waals surface area (Å²) in [6.07, 6.45) is 2.80. The summed E-state index contributed by atoms with van der Waals surface area (Å²) in [6.45, 7) is 3.18. The molecule has 0 aliphatic rings. The summed E-state index contributed by atoms with van der Waals surface area (Å²) in [6, 6.07) is 9.60. The van der Waals surface area contributed by atoms with Gasteiger partial charge in [-0.2, -0.15) is 0 Å². The molecule has 4 N–H and O–H groups in total. The number of rotatable bonds is 9. The van der Waals surface area contributed by atoms with E-state index in [1.807, 2.05) is 30.3 Å². The Morgan fingerprint density at radius 2 is 2.00 bits per heavy atom. The molecule has 2 atom stereocenters. The molecule has 112 valence electrons. The van der Waals surface area contributed by atoms with Crippen LogP contribution < -0.4 is 11.1 Å². The van der Waals surface area contributed by atoms with E-state index in [1.165, 1.54) is 0 Å². The van der Waals surface area contributed by atoms with Gasteiger partial charge in [0.1, 0.15) is 0 Å². The van der Waals surface area contributed by atoms with Crippen molar-refractivity contribution < 1.29 is 9.90 Å². The summed E-state index contributed by atoms with van der Waals surface area (Å²) in [4.78, 5) is 12.2. The summed E-state index contributed by atoms with van der Waals surface area (Å²) in [5, 5.41) is 12.0. The van der Waals surface area contributed by atoms with E-state index in [4.69, 9.17) is 10.8 Å². The maximum Gasteiger partial charge on any atom is 0.228 e. The Labute approximate surface area is 121 Å². The highest BCUT2D eigenvalue weighted by Gasteiger charge is 2.19. The van der Waals surface area contributed by atoms with E-state index < -0.39 is 0 Å². The van der Waals surface area contributed by atoms with Crippen molar-refractivity contribution in [1.29, 1.82) is 0 Å². The van der Waals surface area contributed by atoms with Crippen LogP contribution >= 0.6 is 0 Å². The number of carbonyl (C=O) groups excluding carboxylic acids is 1. The summed E-state index contributed by atoms with van der Waals surface area (Å²) in [5.74, 6) is 0.00786. The van der Waals surface area contributed by atoms with Gasteiger partial charge in [0.15, 0.2) is 0 Å². The third-order valence-electron chi connectivity index (χ3n) is 3.55. The normalized spacial score (nSPS) is 13.8. The highest BCUT2D eigenvalue weighted by Crippen LogP contribution is 2.15. The fourth-order valence-electron chi connectivity index (χ4n) is 2.39. The van der Waals surface area contributed by atoms with Crippen LogP contribution in [-0.4, -0.2) is 30.7 Å². The van der Waals surface area contributed by atoms with E-state index in [1.54, 1.807) is 0 Å². The van der Waals surface area contributed by atoms with Crippen molar-refractivity contribution in [3.05, 3.63) is 35.9 Å². The molecule has 0 aliphatic carbocycles. The minimum atomic E-state index is -0.299. The first-order valence-corrected chi connectivity index (χ1v) is 7.36. The molecule has 4 heteroatoms. The van der Waals surface area contributed by atoms with Gasteiger partial charge >= 0.3 is 0 Å². The third kappa shape index (κ3) is 5.31. The molecule has 20 heavy (non-hydrogen) atoms. The number of benzene rings is 1. The maximum absolute atomic E-state index is 12.2. The molecule has 1 rings (SSSR count). The highest BCUT2D eigenvalue weighted by molar-refractivity contribution is 5.83. The molecule has 0 bridgehead atoms. The van der Waals surface area contributed by atoms with Crippen LogP contribution in [0.25, 0.3) is 0 Å². The summed E-state index contributed by atoms with van der Waals surface area (Å²) < 4.78 is 0. The fraction of sp³-hybridized carbons (Fsp3) is 0.562.